The smallest absolute Gasteiger partial charge is 0.278 e. The van der Waals surface area contributed by atoms with E-state index in [-0.39, 0.29) is 29.1 Å². The number of anilines is 1. The summed E-state index contributed by atoms with van der Waals surface area (Å²) < 4.78 is 3.75. The van der Waals surface area contributed by atoms with Crippen molar-refractivity contribution < 1.29 is 9.63 Å². The van der Waals surface area contributed by atoms with Crippen molar-refractivity contribution in [3.05, 3.63) is 5.82 Å². The summed E-state index contributed by atoms with van der Waals surface area (Å²) in [5.41, 5.74) is 5.15. The molecule has 78 valence electrons. The Morgan fingerprint density at radius 3 is 2.71 bits per heavy atom. The molecule has 0 saturated carbocycles. The van der Waals surface area contributed by atoms with Gasteiger partial charge in [-0.2, -0.15) is 9.36 Å². The first-order valence-corrected chi connectivity index (χ1v) is 4.21. The molecule has 0 spiro atoms. The first-order valence-electron chi connectivity index (χ1n) is 3.05. The summed E-state index contributed by atoms with van der Waals surface area (Å²) in [6.45, 7) is 0. The maximum absolute atomic E-state index is 10.8. The van der Waals surface area contributed by atoms with Gasteiger partial charge in [-0.3, -0.25) is 4.79 Å². The van der Waals surface area contributed by atoms with E-state index in [0.29, 0.717) is 0 Å². The van der Waals surface area contributed by atoms with Crippen LogP contribution in [0.1, 0.15) is 5.82 Å². The molecule has 0 radical (unpaired) electrons. The molecule has 0 aromatic carbocycles. The van der Waals surface area contributed by atoms with Crippen LogP contribution in [0.3, 0.4) is 0 Å². The maximum atomic E-state index is 10.8. The summed E-state index contributed by atoms with van der Waals surface area (Å²) in [4.78, 5) is 18.9. The van der Waals surface area contributed by atoms with Gasteiger partial charge in [0.15, 0.2) is 5.13 Å². The van der Waals surface area contributed by atoms with Crippen molar-refractivity contribution in [1.29, 1.82) is 0 Å². The molecule has 9 heteroatoms. The molecule has 1 heterocycles. The van der Waals surface area contributed by atoms with Crippen molar-refractivity contribution in [2.75, 3.05) is 12.8 Å². The summed E-state index contributed by atoms with van der Waals surface area (Å²) >= 11 is 6.15. The summed E-state index contributed by atoms with van der Waals surface area (Å²) in [7, 11) is 1.29. The van der Waals surface area contributed by atoms with Crippen LogP contribution >= 0.6 is 35.5 Å². The Balaban J connectivity index is 0.00000169. The minimum Gasteiger partial charge on any atom is -0.398 e. The van der Waals surface area contributed by atoms with Gasteiger partial charge in [-0.1, -0.05) is 5.16 Å². The van der Waals surface area contributed by atoms with E-state index in [1.807, 2.05) is 0 Å². The summed E-state index contributed by atoms with van der Waals surface area (Å²) in [6.07, 6.45) is 0. The zero-order valence-corrected chi connectivity index (χ0v) is 9.32. The van der Waals surface area contributed by atoms with Crippen molar-refractivity contribution in [1.82, 2.24) is 9.36 Å². The molecule has 2 N–H and O–H groups in total. The zero-order valence-electron chi connectivity index (χ0n) is 6.93. The van der Waals surface area contributed by atoms with E-state index >= 15 is 0 Å². The quantitative estimate of drug-likeness (QED) is 0.488. The lowest BCUT2D eigenvalue weighted by molar-refractivity contribution is -0.106. The first-order chi connectivity index (χ1) is 6.15. The minimum absolute atomic E-state index is 0. The van der Waals surface area contributed by atoms with Crippen LogP contribution in [-0.4, -0.2) is 27.4 Å². The molecule has 0 aliphatic heterocycles. The molecule has 0 atom stereocenters. The Morgan fingerprint density at radius 2 is 2.36 bits per heavy atom. The fourth-order valence-electron chi connectivity index (χ4n) is 0.587. The number of nitrogens with zero attached hydrogens (tertiary/aromatic N) is 3. The van der Waals surface area contributed by atoms with Crippen LogP contribution in [0.5, 0.6) is 0 Å². The van der Waals surface area contributed by atoms with E-state index in [1.165, 1.54) is 7.11 Å². The average Bonchev–Trinajstić information content (AvgIpc) is 2.46. The second-order valence-corrected chi connectivity index (χ2v) is 2.98. The van der Waals surface area contributed by atoms with Crippen LogP contribution < -0.4 is 5.73 Å². The van der Waals surface area contributed by atoms with Crippen LogP contribution in [-0.2, 0) is 9.63 Å². The van der Waals surface area contributed by atoms with Crippen molar-refractivity contribution in [3.63, 3.8) is 0 Å². The van der Waals surface area contributed by atoms with Gasteiger partial charge in [-0.05, 0) is 11.6 Å². The monoisotopic (exact) mass is 256 g/mol. The van der Waals surface area contributed by atoms with E-state index in [2.05, 4.69) is 19.4 Å². The van der Waals surface area contributed by atoms with Crippen LogP contribution in [0.4, 0.5) is 5.13 Å². The molecule has 1 rings (SSSR count). The predicted molar refractivity (Wildman–Crippen MR) is 56.0 cm³/mol. The third kappa shape index (κ3) is 3.09. The molecule has 0 aliphatic carbocycles. The Morgan fingerprint density at radius 1 is 1.71 bits per heavy atom. The van der Waals surface area contributed by atoms with E-state index in [1.54, 1.807) is 0 Å². The SMILES string of the molecule is CO/N=C(/C(=O)Cl)c1nsc(N)n1.Cl. The molecular weight excluding hydrogens is 251 g/mol. The second kappa shape index (κ2) is 5.74. The summed E-state index contributed by atoms with van der Waals surface area (Å²) in [5.74, 6) is 0.0735. The van der Waals surface area contributed by atoms with Crippen molar-refractivity contribution in [2.24, 2.45) is 5.16 Å². The van der Waals surface area contributed by atoms with Crippen LogP contribution in [0.2, 0.25) is 0 Å². The number of rotatable bonds is 3. The molecule has 6 nitrogen and oxygen atoms in total. The number of nitrogen functional groups attached to an aromatic ring is 1. The van der Waals surface area contributed by atoms with Gasteiger partial charge < -0.3 is 10.6 Å². The van der Waals surface area contributed by atoms with Crippen molar-refractivity contribution >= 4 is 51.6 Å². The van der Waals surface area contributed by atoms with Crippen molar-refractivity contribution in [3.8, 4) is 0 Å². The van der Waals surface area contributed by atoms with Crippen LogP contribution in [0.15, 0.2) is 5.16 Å². The Labute approximate surface area is 94.7 Å². The van der Waals surface area contributed by atoms with Gasteiger partial charge in [0.2, 0.25) is 11.5 Å². The Kier molecular flexibility index (Phi) is 5.36. The number of nitrogens with two attached hydrogens (primary N) is 1. The van der Waals surface area contributed by atoms with Crippen LogP contribution in [0, 0.1) is 0 Å². The Hall–Kier alpha value is -0.920. The van der Waals surface area contributed by atoms with Gasteiger partial charge in [-0.15, -0.1) is 12.4 Å². The lowest BCUT2D eigenvalue weighted by Crippen LogP contribution is -2.12. The zero-order chi connectivity index (χ0) is 9.84. The molecule has 0 amide bonds. The predicted octanol–water partition coefficient (Wildman–Crippen LogP) is 0.658. The molecule has 14 heavy (non-hydrogen) atoms. The van der Waals surface area contributed by atoms with Gasteiger partial charge >= 0.3 is 0 Å². The molecule has 1 aromatic heterocycles. The Bertz CT molecular complexity index is 353. The number of oxime groups is 1. The van der Waals surface area contributed by atoms with E-state index in [0.717, 1.165) is 11.5 Å². The molecule has 0 bridgehead atoms. The van der Waals surface area contributed by atoms with E-state index in [9.17, 15) is 4.79 Å². The average molecular weight is 257 g/mol. The minimum atomic E-state index is -0.792. The largest absolute Gasteiger partial charge is 0.398 e. The second-order valence-electron chi connectivity index (χ2n) is 1.85. The topological polar surface area (TPSA) is 90.5 Å². The van der Waals surface area contributed by atoms with Gasteiger partial charge in [0, 0.05) is 11.5 Å². The van der Waals surface area contributed by atoms with Crippen LogP contribution in [0.25, 0.3) is 0 Å². The number of hydrogen-bond donors (Lipinski definition) is 1. The molecule has 1 aromatic rings. The third-order valence-electron chi connectivity index (χ3n) is 1.02. The molecule has 0 saturated heterocycles. The first kappa shape index (κ1) is 13.1. The summed E-state index contributed by atoms with van der Waals surface area (Å²) in [5, 5.41) is 2.81. The van der Waals surface area contributed by atoms with E-state index < -0.39 is 5.24 Å². The number of hydrogen-bond acceptors (Lipinski definition) is 7. The van der Waals surface area contributed by atoms with Gasteiger partial charge in [0.25, 0.3) is 5.24 Å². The third-order valence-corrected chi connectivity index (χ3v) is 1.74. The molecular formula is C5H6Cl2N4O2S. The van der Waals surface area contributed by atoms with Gasteiger partial charge in [-0.25, -0.2) is 0 Å². The highest BCUT2D eigenvalue weighted by atomic mass is 35.5. The van der Waals surface area contributed by atoms with Gasteiger partial charge in [0.1, 0.15) is 7.11 Å². The fourth-order valence-corrected chi connectivity index (χ4v) is 1.14. The van der Waals surface area contributed by atoms with E-state index in [4.69, 9.17) is 17.3 Å². The molecule has 0 unspecified atom stereocenters. The fraction of sp³-hybridized carbons (Fsp3) is 0.200. The number of carbonyl (C=O) groups excluding carboxylic acids is 1. The lowest BCUT2D eigenvalue weighted by Gasteiger charge is -1.92. The molecule has 0 fully saturated rings. The number of carbonyl (C=O) groups is 1. The number of aromatic nitrogens is 2. The van der Waals surface area contributed by atoms with Gasteiger partial charge in [0.05, 0.1) is 0 Å². The summed E-state index contributed by atoms with van der Waals surface area (Å²) in [6, 6.07) is 0. The molecule has 0 aliphatic rings. The maximum Gasteiger partial charge on any atom is 0.278 e. The lowest BCUT2D eigenvalue weighted by atomic mass is 10.4. The standard InChI is InChI=1S/C5H5ClN4O2S.ClH/c1-12-9-2(3(6)11)4-8-5(7)13-10-4;/h1H3,(H2,7,8,10);1H/b9-2-;. The number of halogens is 2. The highest BCUT2D eigenvalue weighted by molar-refractivity contribution is 7.09. The highest BCUT2D eigenvalue weighted by Gasteiger charge is 2.17. The highest BCUT2D eigenvalue weighted by Crippen LogP contribution is 2.08. The van der Waals surface area contributed by atoms with Crippen molar-refractivity contribution in [2.45, 2.75) is 0 Å². The normalized spacial score (nSPS) is 10.6.